The van der Waals surface area contributed by atoms with Crippen LogP contribution in [0, 0.1) is 6.42 Å². The summed E-state index contributed by atoms with van der Waals surface area (Å²) in [6, 6.07) is 14.6. The first-order chi connectivity index (χ1) is 11.1. The van der Waals surface area contributed by atoms with Gasteiger partial charge in [0.1, 0.15) is 0 Å². The lowest BCUT2D eigenvalue weighted by atomic mass is 9.93. The van der Waals surface area contributed by atoms with Crippen LogP contribution in [-0.4, -0.2) is 24.3 Å². The molecule has 4 nitrogen and oxygen atoms in total. The first-order valence-electron chi connectivity index (χ1n) is 7.77. The Kier molecular flexibility index (Phi) is 4.53. The third-order valence-corrected chi connectivity index (χ3v) is 4.10. The number of ketones is 1. The number of Topliss-reactive ketones (excluding diaryl/α,β-unsaturated/α-hetero) is 1. The van der Waals surface area contributed by atoms with E-state index in [-0.39, 0.29) is 11.8 Å². The topological polar surface area (TPSA) is 72.2 Å². The average Bonchev–Trinajstić information content (AvgIpc) is 3.08. The van der Waals surface area contributed by atoms with Crippen molar-refractivity contribution in [3.63, 3.8) is 0 Å². The van der Waals surface area contributed by atoms with Gasteiger partial charge in [-0.1, -0.05) is 36.4 Å². The summed E-state index contributed by atoms with van der Waals surface area (Å²) < 4.78 is 0. The van der Waals surface area contributed by atoms with Crippen LogP contribution in [0.4, 0.5) is 0 Å². The predicted octanol–water partition coefficient (Wildman–Crippen LogP) is 2.59. The molecule has 0 aliphatic carbocycles. The highest BCUT2D eigenvalue weighted by atomic mass is 16.1. The van der Waals surface area contributed by atoms with Gasteiger partial charge in [0.2, 0.25) is 5.91 Å². The number of nitrogens with one attached hydrogen (secondary N) is 1. The Balaban J connectivity index is 1.92. The zero-order valence-electron chi connectivity index (χ0n) is 12.8. The lowest BCUT2D eigenvalue weighted by molar-refractivity contribution is 0.0997. The Morgan fingerprint density at radius 1 is 1.13 bits per heavy atom. The van der Waals surface area contributed by atoms with Crippen LogP contribution >= 0.6 is 0 Å². The summed E-state index contributed by atoms with van der Waals surface area (Å²) in [6.45, 7) is 0.955. The van der Waals surface area contributed by atoms with Crippen LogP contribution in [0.5, 0.6) is 0 Å². The molecule has 0 unspecified atom stereocenters. The van der Waals surface area contributed by atoms with Crippen LogP contribution in [0.2, 0.25) is 0 Å². The minimum Gasteiger partial charge on any atom is -0.366 e. The van der Waals surface area contributed by atoms with E-state index < -0.39 is 5.91 Å². The monoisotopic (exact) mass is 307 g/mol. The minimum atomic E-state index is -0.475. The molecule has 117 valence electrons. The Labute approximate surface area is 135 Å². The summed E-state index contributed by atoms with van der Waals surface area (Å²) in [5, 5.41) is 3.30. The van der Waals surface area contributed by atoms with Crippen molar-refractivity contribution in [2.45, 2.75) is 18.9 Å². The molecule has 4 heteroatoms. The lowest BCUT2D eigenvalue weighted by Crippen LogP contribution is -2.25. The fraction of sp³-hybridized carbons (Fsp3) is 0.211. The maximum atomic E-state index is 12.6. The molecular weight excluding hydrogens is 288 g/mol. The van der Waals surface area contributed by atoms with Crippen LogP contribution < -0.4 is 11.1 Å². The van der Waals surface area contributed by atoms with E-state index in [0.29, 0.717) is 11.1 Å². The van der Waals surface area contributed by atoms with E-state index in [4.69, 9.17) is 5.73 Å². The summed E-state index contributed by atoms with van der Waals surface area (Å²) in [6.07, 6.45) is 3.84. The Morgan fingerprint density at radius 3 is 2.70 bits per heavy atom. The molecular formula is C19H19N2O2. The molecule has 0 saturated carbocycles. The van der Waals surface area contributed by atoms with Crippen LogP contribution in [0.15, 0.2) is 48.5 Å². The number of hydrogen-bond donors (Lipinski definition) is 2. The SMILES string of the molecule is NC(=O)c1cccc(-c2ccccc2C(=O)[CH][C@H]2CCCN2)c1. The summed E-state index contributed by atoms with van der Waals surface area (Å²) in [7, 11) is 0. The van der Waals surface area contributed by atoms with Gasteiger partial charge in [0.25, 0.3) is 0 Å². The molecule has 3 N–H and O–H groups in total. The predicted molar refractivity (Wildman–Crippen MR) is 90.1 cm³/mol. The highest BCUT2D eigenvalue weighted by molar-refractivity contribution is 6.08. The first-order valence-corrected chi connectivity index (χ1v) is 7.77. The second-order valence-electron chi connectivity index (χ2n) is 5.72. The number of benzene rings is 2. The molecule has 3 rings (SSSR count). The summed E-state index contributed by atoms with van der Waals surface area (Å²) in [4.78, 5) is 24.0. The van der Waals surface area contributed by atoms with Crippen LogP contribution in [0.1, 0.15) is 33.6 Å². The lowest BCUT2D eigenvalue weighted by Gasteiger charge is -2.12. The molecule has 1 atom stereocenters. The summed E-state index contributed by atoms with van der Waals surface area (Å²) in [5.74, 6) is -0.471. The van der Waals surface area contributed by atoms with Crippen molar-refractivity contribution in [1.29, 1.82) is 0 Å². The molecule has 1 fully saturated rings. The van der Waals surface area contributed by atoms with Crippen molar-refractivity contribution in [3.8, 4) is 11.1 Å². The van der Waals surface area contributed by atoms with E-state index in [1.807, 2.05) is 30.3 Å². The van der Waals surface area contributed by atoms with Gasteiger partial charge in [-0.3, -0.25) is 9.59 Å². The van der Waals surface area contributed by atoms with E-state index in [2.05, 4.69) is 5.32 Å². The molecule has 0 spiro atoms. The van der Waals surface area contributed by atoms with Crippen molar-refractivity contribution >= 4 is 11.7 Å². The van der Waals surface area contributed by atoms with E-state index in [9.17, 15) is 9.59 Å². The van der Waals surface area contributed by atoms with E-state index >= 15 is 0 Å². The van der Waals surface area contributed by atoms with Gasteiger partial charge in [0.05, 0.1) is 0 Å². The molecule has 2 aromatic carbocycles. The second-order valence-corrected chi connectivity index (χ2v) is 5.72. The van der Waals surface area contributed by atoms with Crippen molar-refractivity contribution in [1.82, 2.24) is 5.32 Å². The number of nitrogens with two attached hydrogens (primary N) is 1. The largest absolute Gasteiger partial charge is 0.366 e. The zero-order valence-corrected chi connectivity index (χ0v) is 12.8. The zero-order chi connectivity index (χ0) is 16.2. The van der Waals surface area contributed by atoms with Gasteiger partial charge in [0.15, 0.2) is 5.78 Å². The molecule has 1 radical (unpaired) electrons. The summed E-state index contributed by atoms with van der Waals surface area (Å²) >= 11 is 0. The first kappa shape index (κ1) is 15.4. The normalized spacial score (nSPS) is 17.1. The molecule has 1 amide bonds. The molecule has 0 aromatic heterocycles. The number of hydrogen-bond acceptors (Lipinski definition) is 3. The van der Waals surface area contributed by atoms with E-state index in [1.165, 1.54) is 0 Å². The molecule has 1 saturated heterocycles. The molecule has 2 aromatic rings. The van der Waals surface area contributed by atoms with Gasteiger partial charge in [0, 0.05) is 23.6 Å². The van der Waals surface area contributed by atoms with Crippen molar-refractivity contribution < 1.29 is 9.59 Å². The molecule has 1 aliphatic heterocycles. The fourth-order valence-corrected chi connectivity index (χ4v) is 2.92. The number of carbonyl (C=O) groups excluding carboxylic acids is 2. The minimum absolute atomic E-state index is 0.00415. The smallest absolute Gasteiger partial charge is 0.248 e. The number of rotatable bonds is 5. The van der Waals surface area contributed by atoms with Crippen LogP contribution in [0.25, 0.3) is 11.1 Å². The highest BCUT2D eigenvalue weighted by Gasteiger charge is 2.21. The van der Waals surface area contributed by atoms with Gasteiger partial charge >= 0.3 is 0 Å². The van der Waals surface area contributed by atoms with Crippen molar-refractivity contribution in [2.75, 3.05) is 6.54 Å². The maximum absolute atomic E-state index is 12.6. The molecule has 1 heterocycles. The van der Waals surface area contributed by atoms with Crippen molar-refractivity contribution in [2.24, 2.45) is 5.73 Å². The molecule has 23 heavy (non-hydrogen) atoms. The number of amides is 1. The fourth-order valence-electron chi connectivity index (χ4n) is 2.92. The van der Waals surface area contributed by atoms with Gasteiger partial charge in [-0.15, -0.1) is 0 Å². The van der Waals surface area contributed by atoms with Gasteiger partial charge in [-0.25, -0.2) is 0 Å². The number of primary amides is 1. The van der Waals surface area contributed by atoms with E-state index in [1.54, 1.807) is 24.6 Å². The Morgan fingerprint density at radius 2 is 1.96 bits per heavy atom. The third kappa shape index (κ3) is 3.48. The van der Waals surface area contributed by atoms with E-state index in [0.717, 1.165) is 30.5 Å². The van der Waals surface area contributed by atoms with Crippen LogP contribution in [0.3, 0.4) is 0 Å². The van der Waals surface area contributed by atoms with Gasteiger partial charge < -0.3 is 11.1 Å². The highest BCUT2D eigenvalue weighted by Crippen LogP contribution is 2.26. The standard InChI is InChI=1S/C19H19N2O2/c20-19(23)14-6-3-5-13(11-14)16-8-1-2-9-17(16)18(22)12-15-7-4-10-21-15/h1-3,5-6,8-9,11-12,15,21H,4,7,10H2,(H2,20,23)/t15-/m1/s1. The Hall–Kier alpha value is -2.46. The second kappa shape index (κ2) is 6.75. The Bertz CT molecular complexity index is 734. The quantitative estimate of drug-likeness (QED) is 0.834. The van der Waals surface area contributed by atoms with Crippen LogP contribution in [-0.2, 0) is 0 Å². The van der Waals surface area contributed by atoms with Gasteiger partial charge in [-0.2, -0.15) is 0 Å². The maximum Gasteiger partial charge on any atom is 0.248 e. The molecule has 0 bridgehead atoms. The third-order valence-electron chi connectivity index (χ3n) is 4.10. The van der Waals surface area contributed by atoms with Gasteiger partial charge in [-0.05, 0) is 42.6 Å². The summed E-state index contributed by atoms with van der Waals surface area (Å²) in [5.41, 5.74) is 8.06. The van der Waals surface area contributed by atoms with Crippen molar-refractivity contribution in [3.05, 3.63) is 66.1 Å². The average molecular weight is 307 g/mol. The number of carbonyl (C=O) groups is 2. The molecule has 1 aliphatic rings.